The van der Waals surface area contributed by atoms with Gasteiger partial charge in [0, 0.05) is 23.7 Å². The van der Waals surface area contributed by atoms with Crippen molar-refractivity contribution in [1.29, 1.82) is 0 Å². The van der Waals surface area contributed by atoms with E-state index in [1.807, 2.05) is 11.5 Å². The Kier molecular flexibility index (Phi) is 3.24. The second-order valence-electron chi connectivity index (χ2n) is 3.86. The molecule has 0 aliphatic rings. The molecule has 1 N–H and O–H groups in total. The van der Waals surface area contributed by atoms with Gasteiger partial charge in [0.2, 0.25) is 0 Å². The van der Waals surface area contributed by atoms with Crippen molar-refractivity contribution < 1.29 is 4.92 Å². The Balaban J connectivity index is 2.55. The second kappa shape index (κ2) is 4.69. The summed E-state index contributed by atoms with van der Waals surface area (Å²) in [5.74, 6) is 0.695. The maximum atomic E-state index is 10.8. The summed E-state index contributed by atoms with van der Waals surface area (Å²) in [5, 5.41) is 17.6. The van der Waals surface area contributed by atoms with E-state index in [1.165, 1.54) is 6.07 Å². The van der Waals surface area contributed by atoms with Crippen LogP contribution in [0.2, 0.25) is 0 Å². The van der Waals surface area contributed by atoms with Gasteiger partial charge in [-0.3, -0.25) is 15.2 Å². The molecular formula is C11H12N4O2S. The summed E-state index contributed by atoms with van der Waals surface area (Å²) >= 11 is 5.11. The van der Waals surface area contributed by atoms with Gasteiger partial charge in [-0.05, 0) is 38.2 Å². The van der Waals surface area contributed by atoms with Crippen LogP contribution in [0.15, 0.2) is 18.2 Å². The lowest BCUT2D eigenvalue weighted by atomic mass is 10.1. The van der Waals surface area contributed by atoms with Crippen LogP contribution in [0.3, 0.4) is 0 Å². The molecule has 0 fully saturated rings. The molecule has 0 atom stereocenters. The summed E-state index contributed by atoms with van der Waals surface area (Å²) in [5.41, 5.74) is 1.53. The van der Waals surface area contributed by atoms with Crippen LogP contribution < -0.4 is 0 Å². The van der Waals surface area contributed by atoms with E-state index >= 15 is 0 Å². The van der Waals surface area contributed by atoms with E-state index in [-0.39, 0.29) is 5.69 Å². The van der Waals surface area contributed by atoms with Gasteiger partial charge in [-0.2, -0.15) is 5.10 Å². The van der Waals surface area contributed by atoms with Gasteiger partial charge < -0.3 is 4.57 Å². The summed E-state index contributed by atoms with van der Waals surface area (Å²) in [6.07, 6.45) is 0. The van der Waals surface area contributed by atoms with Crippen molar-refractivity contribution in [3.63, 3.8) is 0 Å². The van der Waals surface area contributed by atoms with Crippen molar-refractivity contribution in [1.82, 2.24) is 14.8 Å². The van der Waals surface area contributed by atoms with Gasteiger partial charge in [-0.25, -0.2) is 0 Å². The van der Waals surface area contributed by atoms with Crippen LogP contribution in [0.4, 0.5) is 5.69 Å². The molecule has 6 nitrogen and oxygen atoms in total. The van der Waals surface area contributed by atoms with Gasteiger partial charge in [-0.1, -0.05) is 0 Å². The quantitative estimate of drug-likeness (QED) is 0.525. The number of H-pyrrole nitrogens is 1. The molecule has 0 aliphatic heterocycles. The van der Waals surface area contributed by atoms with Gasteiger partial charge >= 0.3 is 0 Å². The largest absolute Gasteiger partial charge is 0.300 e. The van der Waals surface area contributed by atoms with E-state index in [0.717, 1.165) is 5.56 Å². The third-order valence-electron chi connectivity index (χ3n) is 2.73. The summed E-state index contributed by atoms with van der Waals surface area (Å²) < 4.78 is 2.39. The normalized spacial score (nSPS) is 10.6. The molecule has 94 valence electrons. The maximum Gasteiger partial charge on any atom is 0.272 e. The van der Waals surface area contributed by atoms with Crippen molar-refractivity contribution in [2.24, 2.45) is 0 Å². The standard InChI is InChI=1S/C11H12N4O2S/c1-3-14-10(12-13-11(14)18)8-4-5-9(15(16)17)7(2)6-8/h4-6H,3H2,1-2H3,(H,13,18). The van der Waals surface area contributed by atoms with E-state index in [2.05, 4.69) is 10.2 Å². The van der Waals surface area contributed by atoms with Crippen LogP contribution in [0, 0.1) is 21.8 Å². The molecular weight excluding hydrogens is 252 g/mol. The molecule has 7 heteroatoms. The highest BCUT2D eigenvalue weighted by Gasteiger charge is 2.13. The van der Waals surface area contributed by atoms with E-state index in [0.29, 0.717) is 22.7 Å². The van der Waals surface area contributed by atoms with Crippen LogP contribution >= 0.6 is 12.2 Å². The molecule has 0 radical (unpaired) electrons. The zero-order chi connectivity index (χ0) is 13.3. The number of aromatic amines is 1. The minimum atomic E-state index is -0.393. The number of nitrogens with one attached hydrogen (secondary N) is 1. The summed E-state index contributed by atoms with van der Waals surface area (Å²) in [6.45, 7) is 4.37. The predicted molar refractivity (Wildman–Crippen MR) is 69.9 cm³/mol. The number of nitro groups is 1. The Morgan fingerprint density at radius 3 is 2.83 bits per heavy atom. The molecule has 0 spiro atoms. The Labute approximate surface area is 108 Å². The average molecular weight is 264 g/mol. The van der Waals surface area contributed by atoms with Crippen LogP contribution in [0.5, 0.6) is 0 Å². The number of aryl methyl sites for hydroxylation is 1. The van der Waals surface area contributed by atoms with Gasteiger partial charge in [0.1, 0.15) is 0 Å². The SMILES string of the molecule is CCn1c(-c2ccc([N+](=O)[O-])c(C)c2)n[nH]c1=S. The molecule has 0 unspecified atom stereocenters. The highest BCUT2D eigenvalue weighted by Crippen LogP contribution is 2.24. The van der Waals surface area contributed by atoms with Crippen molar-refractivity contribution in [2.75, 3.05) is 0 Å². The van der Waals surface area contributed by atoms with E-state index in [4.69, 9.17) is 12.2 Å². The molecule has 1 aromatic carbocycles. The van der Waals surface area contributed by atoms with Gasteiger partial charge in [0.05, 0.1) is 4.92 Å². The van der Waals surface area contributed by atoms with Crippen molar-refractivity contribution in [2.45, 2.75) is 20.4 Å². The third kappa shape index (κ3) is 2.04. The number of rotatable bonds is 3. The Morgan fingerprint density at radius 1 is 1.56 bits per heavy atom. The lowest BCUT2D eigenvalue weighted by molar-refractivity contribution is -0.385. The van der Waals surface area contributed by atoms with Crippen molar-refractivity contribution in [3.05, 3.63) is 38.6 Å². The summed E-state index contributed by atoms with van der Waals surface area (Å²) in [6, 6.07) is 4.92. The monoisotopic (exact) mass is 264 g/mol. The molecule has 0 saturated heterocycles. The number of benzene rings is 1. The topological polar surface area (TPSA) is 76.8 Å². The molecule has 0 saturated carbocycles. The minimum absolute atomic E-state index is 0.107. The molecule has 18 heavy (non-hydrogen) atoms. The minimum Gasteiger partial charge on any atom is -0.300 e. The highest BCUT2D eigenvalue weighted by molar-refractivity contribution is 7.71. The highest BCUT2D eigenvalue weighted by atomic mass is 32.1. The molecule has 0 aliphatic carbocycles. The Bertz CT molecular complexity index is 659. The van der Waals surface area contributed by atoms with E-state index in [9.17, 15) is 10.1 Å². The fourth-order valence-electron chi connectivity index (χ4n) is 1.83. The second-order valence-corrected chi connectivity index (χ2v) is 4.24. The van der Waals surface area contributed by atoms with Crippen molar-refractivity contribution in [3.8, 4) is 11.4 Å². The zero-order valence-corrected chi connectivity index (χ0v) is 10.8. The number of hydrogen-bond donors (Lipinski definition) is 1. The van der Waals surface area contributed by atoms with E-state index in [1.54, 1.807) is 19.1 Å². The fourth-order valence-corrected chi connectivity index (χ4v) is 2.09. The average Bonchev–Trinajstić information content (AvgIpc) is 2.69. The first kappa shape index (κ1) is 12.4. The molecule has 0 amide bonds. The number of hydrogen-bond acceptors (Lipinski definition) is 4. The first-order chi connectivity index (χ1) is 8.54. The van der Waals surface area contributed by atoms with Gasteiger partial charge in [-0.15, -0.1) is 0 Å². The Hall–Kier alpha value is -2.02. The van der Waals surface area contributed by atoms with Gasteiger partial charge in [0.25, 0.3) is 5.69 Å². The predicted octanol–water partition coefficient (Wildman–Crippen LogP) is 2.84. The number of nitro benzene ring substituents is 1. The van der Waals surface area contributed by atoms with E-state index < -0.39 is 4.92 Å². The summed E-state index contributed by atoms with van der Waals surface area (Å²) in [4.78, 5) is 10.4. The van der Waals surface area contributed by atoms with Gasteiger partial charge in [0.15, 0.2) is 10.6 Å². The van der Waals surface area contributed by atoms with Crippen LogP contribution in [0.1, 0.15) is 12.5 Å². The van der Waals surface area contributed by atoms with Crippen LogP contribution in [0.25, 0.3) is 11.4 Å². The zero-order valence-electron chi connectivity index (χ0n) is 10.0. The first-order valence-corrected chi connectivity index (χ1v) is 5.86. The van der Waals surface area contributed by atoms with Crippen molar-refractivity contribution >= 4 is 17.9 Å². The molecule has 2 rings (SSSR count). The lowest BCUT2D eigenvalue weighted by Gasteiger charge is -2.04. The first-order valence-electron chi connectivity index (χ1n) is 5.45. The molecule has 1 heterocycles. The molecule has 2 aromatic rings. The number of aromatic nitrogens is 3. The van der Waals surface area contributed by atoms with Crippen LogP contribution in [-0.2, 0) is 6.54 Å². The molecule has 0 bridgehead atoms. The third-order valence-corrected chi connectivity index (χ3v) is 3.04. The fraction of sp³-hybridized carbons (Fsp3) is 0.273. The maximum absolute atomic E-state index is 10.8. The summed E-state index contributed by atoms with van der Waals surface area (Å²) in [7, 11) is 0. The Morgan fingerprint density at radius 2 is 2.28 bits per heavy atom. The lowest BCUT2D eigenvalue weighted by Crippen LogP contribution is -1.98. The number of nitrogens with zero attached hydrogens (tertiary/aromatic N) is 3. The molecule has 1 aromatic heterocycles. The smallest absolute Gasteiger partial charge is 0.272 e. The van der Waals surface area contributed by atoms with Crippen LogP contribution in [-0.4, -0.2) is 19.7 Å².